The van der Waals surface area contributed by atoms with Gasteiger partial charge in [-0.15, -0.1) is 0 Å². The Morgan fingerprint density at radius 2 is 1.72 bits per heavy atom. The van der Waals surface area contributed by atoms with E-state index in [1.165, 1.54) is 6.92 Å². The topological polar surface area (TPSA) is 94.8 Å². The smallest absolute Gasteiger partial charge is 0.374 e. The highest BCUT2D eigenvalue weighted by atomic mass is 16.5. The van der Waals surface area contributed by atoms with Crippen molar-refractivity contribution in [3.63, 3.8) is 0 Å². The van der Waals surface area contributed by atoms with Crippen molar-refractivity contribution in [1.29, 1.82) is 0 Å². The maximum atomic E-state index is 12.3. The summed E-state index contributed by atoms with van der Waals surface area (Å²) in [5.41, 5.74) is 2.40. The first-order chi connectivity index (χ1) is 14.0. The number of amides is 1. The standard InChI is InChI=1S/C22H21NO6/c1-3-27-22(26)21-18(17-6-4-5-7-19(17)29-21)13-28-20(25)12-15-8-10-16(11-9-15)23-14(2)24/h4-11H,3,12-13H2,1-2H3,(H,23,24). The molecular formula is C22H21NO6. The van der Waals surface area contributed by atoms with Gasteiger partial charge in [0.2, 0.25) is 11.7 Å². The Morgan fingerprint density at radius 3 is 2.41 bits per heavy atom. The molecule has 0 aliphatic rings. The molecule has 1 heterocycles. The lowest BCUT2D eigenvalue weighted by molar-refractivity contribution is -0.144. The number of fused-ring (bicyclic) bond motifs is 1. The average Bonchev–Trinajstić information content (AvgIpc) is 3.06. The van der Waals surface area contributed by atoms with Gasteiger partial charge in [-0.1, -0.05) is 30.3 Å². The zero-order valence-corrected chi connectivity index (χ0v) is 16.2. The number of para-hydroxylation sites is 1. The molecule has 7 heteroatoms. The maximum absolute atomic E-state index is 12.3. The van der Waals surface area contributed by atoms with Crippen LogP contribution in [0.2, 0.25) is 0 Å². The van der Waals surface area contributed by atoms with Crippen LogP contribution in [0.3, 0.4) is 0 Å². The quantitative estimate of drug-likeness (QED) is 0.611. The van der Waals surface area contributed by atoms with Crippen LogP contribution >= 0.6 is 0 Å². The second-order valence-corrected chi connectivity index (χ2v) is 6.34. The van der Waals surface area contributed by atoms with Crippen LogP contribution in [0, 0.1) is 0 Å². The number of hydrogen-bond donors (Lipinski definition) is 1. The summed E-state index contributed by atoms with van der Waals surface area (Å²) in [6, 6.07) is 14.0. The number of esters is 2. The van der Waals surface area contributed by atoms with Crippen molar-refractivity contribution >= 4 is 34.5 Å². The summed E-state index contributed by atoms with van der Waals surface area (Å²) in [4.78, 5) is 35.5. The lowest BCUT2D eigenvalue weighted by atomic mass is 10.1. The van der Waals surface area contributed by atoms with Gasteiger partial charge in [-0.25, -0.2) is 4.79 Å². The van der Waals surface area contributed by atoms with Crippen LogP contribution in [0.25, 0.3) is 11.0 Å². The third-order valence-corrected chi connectivity index (χ3v) is 4.16. The first kappa shape index (κ1) is 20.1. The molecule has 0 saturated carbocycles. The van der Waals surface area contributed by atoms with Crippen LogP contribution in [0.1, 0.15) is 35.5 Å². The van der Waals surface area contributed by atoms with Crippen molar-refractivity contribution in [1.82, 2.24) is 0 Å². The summed E-state index contributed by atoms with van der Waals surface area (Å²) in [5, 5.41) is 3.36. The normalized spacial score (nSPS) is 10.6. The highest BCUT2D eigenvalue weighted by Gasteiger charge is 2.22. The molecule has 0 aliphatic heterocycles. The first-order valence-corrected chi connectivity index (χ1v) is 9.17. The lowest BCUT2D eigenvalue weighted by Crippen LogP contribution is -2.11. The largest absolute Gasteiger partial charge is 0.460 e. The summed E-state index contributed by atoms with van der Waals surface area (Å²) in [7, 11) is 0. The van der Waals surface area contributed by atoms with Crippen LogP contribution in [0.15, 0.2) is 52.9 Å². The number of carbonyl (C=O) groups is 3. The van der Waals surface area contributed by atoms with Gasteiger partial charge in [-0.3, -0.25) is 9.59 Å². The predicted octanol–water partition coefficient (Wildman–Crippen LogP) is 3.85. The van der Waals surface area contributed by atoms with E-state index in [0.717, 1.165) is 5.56 Å². The van der Waals surface area contributed by atoms with E-state index < -0.39 is 11.9 Å². The molecular weight excluding hydrogens is 374 g/mol. The Morgan fingerprint density at radius 1 is 1.00 bits per heavy atom. The summed E-state index contributed by atoms with van der Waals surface area (Å²) in [6.45, 7) is 3.24. The Labute approximate surface area is 167 Å². The third-order valence-electron chi connectivity index (χ3n) is 4.16. The molecule has 0 radical (unpaired) electrons. The molecule has 1 aromatic heterocycles. The Balaban J connectivity index is 1.69. The van der Waals surface area contributed by atoms with Crippen LogP contribution in [-0.2, 0) is 32.1 Å². The van der Waals surface area contributed by atoms with Gasteiger partial charge in [0.25, 0.3) is 0 Å². The van der Waals surface area contributed by atoms with E-state index >= 15 is 0 Å². The molecule has 0 atom stereocenters. The number of hydrogen-bond acceptors (Lipinski definition) is 6. The van der Waals surface area contributed by atoms with E-state index in [1.807, 2.05) is 6.07 Å². The van der Waals surface area contributed by atoms with Gasteiger partial charge >= 0.3 is 11.9 Å². The summed E-state index contributed by atoms with van der Waals surface area (Å²) < 4.78 is 16.0. The zero-order chi connectivity index (χ0) is 20.8. The molecule has 0 unspecified atom stereocenters. The highest BCUT2D eigenvalue weighted by Crippen LogP contribution is 2.27. The van der Waals surface area contributed by atoms with Crippen LogP contribution in [-0.4, -0.2) is 24.5 Å². The zero-order valence-electron chi connectivity index (χ0n) is 16.2. The van der Waals surface area contributed by atoms with E-state index in [2.05, 4.69) is 5.32 Å². The Bertz CT molecular complexity index is 1040. The summed E-state index contributed by atoms with van der Waals surface area (Å²) >= 11 is 0. The molecule has 29 heavy (non-hydrogen) atoms. The first-order valence-electron chi connectivity index (χ1n) is 9.17. The van der Waals surface area contributed by atoms with E-state index in [1.54, 1.807) is 49.4 Å². The summed E-state index contributed by atoms with van der Waals surface area (Å²) in [5.74, 6) is -1.16. The molecule has 0 aliphatic carbocycles. The second kappa shape index (κ2) is 9.05. The molecule has 0 saturated heterocycles. The SMILES string of the molecule is CCOC(=O)c1oc2ccccc2c1COC(=O)Cc1ccc(NC(C)=O)cc1. The van der Waals surface area contributed by atoms with Crippen LogP contribution in [0.4, 0.5) is 5.69 Å². The van der Waals surface area contributed by atoms with Gasteiger partial charge in [0, 0.05) is 18.0 Å². The minimum absolute atomic E-state index is 0.0421. The van der Waals surface area contributed by atoms with Crippen molar-refractivity contribution in [2.24, 2.45) is 0 Å². The monoisotopic (exact) mass is 395 g/mol. The van der Waals surface area contributed by atoms with E-state index in [0.29, 0.717) is 22.2 Å². The molecule has 0 bridgehead atoms. The van der Waals surface area contributed by atoms with Gasteiger partial charge < -0.3 is 19.2 Å². The lowest BCUT2D eigenvalue weighted by Gasteiger charge is -2.07. The molecule has 0 spiro atoms. The average molecular weight is 395 g/mol. The summed E-state index contributed by atoms with van der Waals surface area (Å²) in [6.07, 6.45) is 0.0604. The van der Waals surface area contributed by atoms with Gasteiger partial charge in [-0.2, -0.15) is 0 Å². The number of furan rings is 1. The number of benzene rings is 2. The number of ether oxygens (including phenoxy) is 2. The Kier molecular flexibility index (Phi) is 6.29. The van der Waals surface area contributed by atoms with Crippen molar-refractivity contribution in [2.75, 3.05) is 11.9 Å². The Hall–Kier alpha value is -3.61. The van der Waals surface area contributed by atoms with Gasteiger partial charge in [0.15, 0.2) is 0 Å². The van der Waals surface area contributed by atoms with Crippen molar-refractivity contribution < 1.29 is 28.3 Å². The van der Waals surface area contributed by atoms with Gasteiger partial charge in [0.1, 0.15) is 12.2 Å². The van der Waals surface area contributed by atoms with Crippen molar-refractivity contribution in [3.05, 3.63) is 65.4 Å². The molecule has 150 valence electrons. The maximum Gasteiger partial charge on any atom is 0.374 e. The number of carbonyl (C=O) groups excluding carboxylic acids is 3. The fourth-order valence-electron chi connectivity index (χ4n) is 2.88. The third kappa shape index (κ3) is 5.01. The molecule has 3 rings (SSSR count). The predicted molar refractivity (Wildman–Crippen MR) is 106 cm³/mol. The fraction of sp³-hybridized carbons (Fsp3) is 0.227. The van der Waals surface area contributed by atoms with E-state index in [9.17, 15) is 14.4 Å². The number of rotatable bonds is 7. The second-order valence-electron chi connectivity index (χ2n) is 6.34. The van der Waals surface area contributed by atoms with Crippen LogP contribution in [0.5, 0.6) is 0 Å². The molecule has 2 aromatic carbocycles. The van der Waals surface area contributed by atoms with Gasteiger partial charge in [-0.05, 0) is 30.7 Å². The highest BCUT2D eigenvalue weighted by molar-refractivity contribution is 5.96. The van der Waals surface area contributed by atoms with E-state index in [-0.39, 0.29) is 31.3 Å². The van der Waals surface area contributed by atoms with Gasteiger partial charge in [0.05, 0.1) is 18.6 Å². The van der Waals surface area contributed by atoms with Crippen molar-refractivity contribution in [3.8, 4) is 0 Å². The minimum atomic E-state index is -0.594. The molecule has 3 aromatic rings. The molecule has 7 nitrogen and oxygen atoms in total. The van der Waals surface area contributed by atoms with Crippen LogP contribution < -0.4 is 5.32 Å². The molecule has 1 N–H and O–H groups in total. The molecule has 1 amide bonds. The fourth-order valence-corrected chi connectivity index (χ4v) is 2.88. The number of anilines is 1. The number of nitrogens with one attached hydrogen (secondary N) is 1. The van der Waals surface area contributed by atoms with E-state index in [4.69, 9.17) is 13.9 Å². The minimum Gasteiger partial charge on any atom is -0.460 e. The van der Waals surface area contributed by atoms with Crippen molar-refractivity contribution in [2.45, 2.75) is 26.9 Å². The molecule has 0 fully saturated rings.